The van der Waals surface area contributed by atoms with Crippen LogP contribution in [0.1, 0.15) is 38.3 Å². The molecule has 0 amide bonds. The molecule has 0 saturated heterocycles. The second kappa shape index (κ2) is 8.87. The van der Waals surface area contributed by atoms with Crippen molar-refractivity contribution in [2.45, 2.75) is 45.7 Å². The van der Waals surface area contributed by atoms with E-state index in [-0.39, 0.29) is 5.54 Å². The van der Waals surface area contributed by atoms with E-state index in [0.29, 0.717) is 20.2 Å². The first kappa shape index (κ1) is 19.9. The van der Waals surface area contributed by atoms with Crippen molar-refractivity contribution in [2.75, 3.05) is 0 Å². The quantitative estimate of drug-likeness (QED) is 0.720. The van der Waals surface area contributed by atoms with Crippen molar-refractivity contribution in [2.24, 2.45) is 5.92 Å². The Labute approximate surface area is 165 Å². The third-order valence-corrected chi connectivity index (χ3v) is 6.20. The first-order valence-corrected chi connectivity index (χ1v) is 10.7. The number of rotatable bonds is 6. The maximum atomic E-state index is 10.9. The summed E-state index contributed by atoms with van der Waals surface area (Å²) in [5.41, 5.74) is 2.44. The van der Waals surface area contributed by atoms with Crippen LogP contribution < -0.4 is 15.9 Å². The third kappa shape index (κ3) is 5.79. The van der Waals surface area contributed by atoms with Crippen molar-refractivity contribution >= 4 is 19.2 Å². The Balaban J connectivity index is 1.77. The number of nitrogens with one attached hydrogen (secondary N) is 1. The number of phenolic OH excluding ortho intramolecular Hbond substituents is 1. The van der Waals surface area contributed by atoms with Gasteiger partial charge < -0.3 is 10.4 Å². The van der Waals surface area contributed by atoms with E-state index in [4.69, 9.17) is 0 Å². The van der Waals surface area contributed by atoms with Gasteiger partial charge in [-0.25, -0.2) is 0 Å². The molecule has 3 rings (SSSR count). The Kier molecular flexibility index (Phi) is 6.52. The van der Waals surface area contributed by atoms with Crippen LogP contribution in [0.4, 0.5) is 0 Å². The molecule has 0 aliphatic heterocycles. The Morgan fingerprint density at radius 3 is 2.48 bits per heavy atom. The number of hydrogen-bond donors (Lipinski definition) is 2. The van der Waals surface area contributed by atoms with Gasteiger partial charge in [0, 0.05) is 17.4 Å². The molecule has 2 aromatic carbocycles. The maximum absolute atomic E-state index is 10.9. The first-order chi connectivity index (χ1) is 12.9. The van der Waals surface area contributed by atoms with Crippen LogP contribution in [-0.2, 0) is 13.0 Å². The number of aromatic hydroxyl groups is 1. The summed E-state index contributed by atoms with van der Waals surface area (Å²) < 4.78 is 0. The van der Waals surface area contributed by atoms with Crippen molar-refractivity contribution in [3.8, 4) is 5.75 Å². The highest BCUT2D eigenvalue weighted by molar-refractivity contribution is 7.55. The minimum absolute atomic E-state index is 0.0836. The molecule has 2 atom stereocenters. The van der Waals surface area contributed by atoms with Gasteiger partial charge in [-0.15, -0.1) is 0 Å². The molecular weight excluding hydrogens is 349 g/mol. The monoisotopic (exact) mass is 379 g/mol. The highest BCUT2D eigenvalue weighted by Gasteiger charge is 2.15. The van der Waals surface area contributed by atoms with Crippen molar-refractivity contribution in [3.63, 3.8) is 0 Å². The van der Waals surface area contributed by atoms with Crippen LogP contribution in [0.25, 0.3) is 0 Å². The largest absolute Gasteiger partial charge is 0.507 e. The van der Waals surface area contributed by atoms with Gasteiger partial charge in [-0.1, -0.05) is 75.3 Å². The molecule has 2 N–H and O–H groups in total. The molecule has 0 saturated carbocycles. The predicted molar refractivity (Wildman–Crippen MR) is 119 cm³/mol. The van der Waals surface area contributed by atoms with Gasteiger partial charge in [0.2, 0.25) is 0 Å². The van der Waals surface area contributed by atoms with E-state index >= 15 is 0 Å². The zero-order valence-corrected chi connectivity index (χ0v) is 17.5. The first-order valence-electron chi connectivity index (χ1n) is 9.66. The van der Waals surface area contributed by atoms with Crippen molar-refractivity contribution in [1.82, 2.24) is 5.32 Å². The molecule has 0 heterocycles. The van der Waals surface area contributed by atoms with Crippen LogP contribution in [0.5, 0.6) is 5.75 Å². The van der Waals surface area contributed by atoms with E-state index in [1.54, 1.807) is 0 Å². The van der Waals surface area contributed by atoms with Gasteiger partial charge in [0.1, 0.15) is 5.75 Å². The van der Waals surface area contributed by atoms with E-state index in [9.17, 15) is 5.11 Å². The van der Waals surface area contributed by atoms with Crippen LogP contribution in [0.2, 0.25) is 0 Å². The lowest BCUT2D eigenvalue weighted by atomic mass is 9.93. The zero-order valence-electron chi connectivity index (χ0n) is 16.5. The van der Waals surface area contributed by atoms with E-state index in [1.807, 2.05) is 0 Å². The predicted octanol–water partition coefficient (Wildman–Crippen LogP) is 4.58. The molecule has 0 bridgehead atoms. The molecule has 142 valence electrons. The van der Waals surface area contributed by atoms with Crippen LogP contribution >= 0.6 is 8.58 Å². The van der Waals surface area contributed by atoms with Gasteiger partial charge in [-0.2, -0.15) is 0 Å². The smallest absolute Gasteiger partial charge is 0.126 e. The number of hydrogen-bond acceptors (Lipinski definition) is 2. The summed E-state index contributed by atoms with van der Waals surface area (Å²) >= 11 is 0. The Bertz CT molecular complexity index is 833. The normalized spacial score (nSPS) is 17.1. The van der Waals surface area contributed by atoms with Crippen LogP contribution in [-0.4, -0.2) is 10.6 Å². The average Bonchev–Trinajstić information content (AvgIpc) is 2.64. The highest BCUT2D eigenvalue weighted by Crippen LogP contribution is 2.27. The number of phenols is 1. The fraction of sp³-hybridized carbons (Fsp3) is 0.333. The number of para-hydroxylation sites is 1. The fourth-order valence-corrected chi connectivity index (χ4v) is 4.48. The van der Waals surface area contributed by atoms with E-state index < -0.39 is 0 Å². The molecule has 1 aliphatic rings. The van der Waals surface area contributed by atoms with Crippen molar-refractivity contribution in [1.29, 1.82) is 0 Å². The van der Waals surface area contributed by atoms with Crippen molar-refractivity contribution in [3.05, 3.63) is 77.9 Å². The molecule has 27 heavy (non-hydrogen) atoms. The van der Waals surface area contributed by atoms with Gasteiger partial charge in [-0.3, -0.25) is 0 Å². The summed E-state index contributed by atoms with van der Waals surface area (Å²) in [6, 6.07) is 14.7. The Morgan fingerprint density at radius 2 is 1.74 bits per heavy atom. The number of benzene rings is 2. The summed E-state index contributed by atoms with van der Waals surface area (Å²) in [7, 11) is 0.454. The molecule has 2 unspecified atom stereocenters. The fourth-order valence-electron chi connectivity index (χ4n) is 3.22. The van der Waals surface area contributed by atoms with Crippen LogP contribution in [0.15, 0.2) is 66.8 Å². The molecule has 0 spiro atoms. The second-order valence-electron chi connectivity index (χ2n) is 8.21. The summed E-state index contributed by atoms with van der Waals surface area (Å²) in [5.74, 6) is 0.945. The van der Waals surface area contributed by atoms with Crippen LogP contribution in [0.3, 0.4) is 0 Å². The molecule has 0 aromatic heterocycles. The molecule has 2 aromatic rings. The zero-order chi connectivity index (χ0) is 19.3. The SMILES string of the molecule is CC(C)(C)NCc1ccccc1Pc1cccc(CC2C=CC=CC2)c1O. The van der Waals surface area contributed by atoms with Crippen LogP contribution in [0, 0.1) is 5.92 Å². The van der Waals surface area contributed by atoms with Gasteiger partial charge >= 0.3 is 0 Å². The second-order valence-corrected chi connectivity index (χ2v) is 9.54. The van der Waals surface area contributed by atoms with Gasteiger partial charge in [-0.05, 0) is 56.0 Å². The molecule has 1 aliphatic carbocycles. The summed E-state index contributed by atoms with van der Waals surface area (Å²) in [6.07, 6.45) is 10.6. The lowest BCUT2D eigenvalue weighted by Crippen LogP contribution is -2.36. The topological polar surface area (TPSA) is 32.3 Å². The van der Waals surface area contributed by atoms with Crippen molar-refractivity contribution < 1.29 is 5.11 Å². The Morgan fingerprint density at radius 1 is 1.00 bits per heavy atom. The van der Waals surface area contributed by atoms with E-state index in [2.05, 4.69) is 92.9 Å². The van der Waals surface area contributed by atoms with Gasteiger partial charge in [0.15, 0.2) is 0 Å². The van der Waals surface area contributed by atoms with E-state index in [0.717, 1.165) is 30.3 Å². The molecule has 2 nitrogen and oxygen atoms in total. The minimum atomic E-state index is 0.0836. The Hall–Kier alpha value is -1.89. The third-order valence-electron chi connectivity index (χ3n) is 4.77. The lowest BCUT2D eigenvalue weighted by molar-refractivity contribution is 0.425. The lowest BCUT2D eigenvalue weighted by Gasteiger charge is -2.22. The summed E-state index contributed by atoms with van der Waals surface area (Å²) in [5, 5.41) is 16.8. The van der Waals surface area contributed by atoms with Gasteiger partial charge in [0.05, 0.1) is 0 Å². The summed E-state index contributed by atoms with van der Waals surface area (Å²) in [6.45, 7) is 7.39. The number of allylic oxidation sites excluding steroid dienone is 4. The minimum Gasteiger partial charge on any atom is -0.507 e. The molecule has 3 heteroatoms. The molecule has 0 radical (unpaired) electrons. The standard InChI is InChI=1S/C24H30NOP/c1-24(2,3)25-17-20-12-7-8-14-21(20)27-22-15-9-13-19(23(22)26)16-18-10-5-4-6-11-18/h4-10,12-15,18,25-27H,11,16-17H2,1-3H3. The molecule has 0 fully saturated rings. The maximum Gasteiger partial charge on any atom is 0.126 e. The van der Waals surface area contributed by atoms with E-state index in [1.165, 1.54) is 10.9 Å². The summed E-state index contributed by atoms with van der Waals surface area (Å²) in [4.78, 5) is 0. The molecular formula is C24H30NOP. The highest BCUT2D eigenvalue weighted by atomic mass is 31.1. The average molecular weight is 379 g/mol. The van der Waals surface area contributed by atoms with Gasteiger partial charge in [0.25, 0.3) is 0 Å².